The Labute approximate surface area is 206 Å². The number of rotatable bonds is 9. The topological polar surface area (TPSA) is 117 Å². The van der Waals surface area contributed by atoms with Crippen LogP contribution in [0.5, 0.6) is 0 Å². The van der Waals surface area contributed by atoms with Crippen LogP contribution in [0.3, 0.4) is 0 Å². The number of carbonyl (C=O) groups excluding carboxylic acids is 1. The third kappa shape index (κ3) is 5.82. The molecule has 0 spiro atoms. The van der Waals surface area contributed by atoms with Gasteiger partial charge in [0.1, 0.15) is 0 Å². The highest BCUT2D eigenvalue weighted by molar-refractivity contribution is 7.91. The molecule has 0 atom stereocenters. The van der Waals surface area contributed by atoms with E-state index in [1.54, 1.807) is 41.3 Å². The van der Waals surface area contributed by atoms with E-state index < -0.39 is 9.84 Å². The SMILES string of the molecule is NCCNc1cc(NCc2ccccc2)c(C(=O)N2CCNCC2)cc1S(=O)(=O)c1ccccc1. The molecule has 3 aromatic rings. The van der Waals surface area contributed by atoms with Crippen LogP contribution < -0.4 is 21.7 Å². The van der Waals surface area contributed by atoms with Crippen LogP contribution >= 0.6 is 0 Å². The Bertz CT molecular complexity index is 1240. The average Bonchev–Trinajstić information content (AvgIpc) is 2.91. The summed E-state index contributed by atoms with van der Waals surface area (Å²) >= 11 is 0. The van der Waals surface area contributed by atoms with E-state index in [9.17, 15) is 13.2 Å². The molecule has 35 heavy (non-hydrogen) atoms. The van der Waals surface area contributed by atoms with Crippen molar-refractivity contribution >= 4 is 27.1 Å². The molecule has 1 aliphatic heterocycles. The van der Waals surface area contributed by atoms with Crippen molar-refractivity contribution in [3.05, 3.63) is 83.9 Å². The standard InChI is InChI=1S/C26H31N5O3S/c27-11-12-29-24-18-23(30-19-20-7-3-1-4-8-20)22(26(32)31-15-13-28-14-16-31)17-25(24)35(33,34)21-9-5-2-6-10-21/h1-10,17-18,28-30H,11-16,19,27H2. The molecule has 0 aliphatic carbocycles. The number of sulfone groups is 1. The highest BCUT2D eigenvalue weighted by atomic mass is 32.2. The van der Waals surface area contributed by atoms with Gasteiger partial charge in [-0.05, 0) is 29.8 Å². The van der Waals surface area contributed by atoms with Crippen molar-refractivity contribution in [2.24, 2.45) is 5.73 Å². The van der Waals surface area contributed by atoms with Crippen LogP contribution in [0.1, 0.15) is 15.9 Å². The predicted octanol–water partition coefficient (Wildman–Crippen LogP) is 2.55. The fraction of sp³-hybridized carbons (Fsp3) is 0.269. The molecule has 1 aliphatic rings. The lowest BCUT2D eigenvalue weighted by Crippen LogP contribution is -2.46. The molecular formula is C26H31N5O3S. The van der Waals surface area contributed by atoms with Crippen LogP contribution in [0.25, 0.3) is 0 Å². The van der Waals surface area contributed by atoms with Crippen molar-refractivity contribution in [2.45, 2.75) is 16.3 Å². The summed E-state index contributed by atoms with van der Waals surface area (Å²) in [6.45, 7) is 3.73. The molecule has 0 bridgehead atoms. The van der Waals surface area contributed by atoms with E-state index in [4.69, 9.17) is 5.73 Å². The minimum absolute atomic E-state index is 0.0564. The molecule has 3 aromatic carbocycles. The summed E-state index contributed by atoms with van der Waals surface area (Å²) in [5.41, 5.74) is 8.06. The lowest BCUT2D eigenvalue weighted by atomic mass is 10.1. The van der Waals surface area contributed by atoms with Gasteiger partial charge in [-0.15, -0.1) is 0 Å². The third-order valence-electron chi connectivity index (χ3n) is 5.88. The van der Waals surface area contributed by atoms with E-state index in [-0.39, 0.29) is 15.7 Å². The largest absolute Gasteiger partial charge is 0.383 e. The zero-order valence-electron chi connectivity index (χ0n) is 19.5. The van der Waals surface area contributed by atoms with Crippen LogP contribution in [0.2, 0.25) is 0 Å². The number of nitrogens with zero attached hydrogens (tertiary/aromatic N) is 1. The second-order valence-electron chi connectivity index (χ2n) is 8.31. The highest BCUT2D eigenvalue weighted by Crippen LogP contribution is 2.34. The Balaban J connectivity index is 1.81. The van der Waals surface area contributed by atoms with Crippen LogP contribution in [0, 0.1) is 0 Å². The summed E-state index contributed by atoms with van der Waals surface area (Å²) < 4.78 is 27.3. The number of carbonyl (C=O) groups is 1. The minimum atomic E-state index is -3.88. The Hall–Kier alpha value is -3.40. The first-order valence-electron chi connectivity index (χ1n) is 11.7. The Kier molecular flexibility index (Phi) is 8.02. The van der Waals surface area contributed by atoms with Gasteiger partial charge in [0.05, 0.1) is 21.0 Å². The van der Waals surface area contributed by atoms with E-state index in [0.29, 0.717) is 62.8 Å². The molecule has 0 aromatic heterocycles. The Morgan fingerprint density at radius 2 is 1.57 bits per heavy atom. The van der Waals surface area contributed by atoms with E-state index in [1.807, 2.05) is 30.3 Å². The minimum Gasteiger partial charge on any atom is -0.383 e. The lowest BCUT2D eigenvalue weighted by molar-refractivity contribution is 0.0736. The summed E-state index contributed by atoms with van der Waals surface area (Å²) in [5, 5.41) is 9.74. The number of anilines is 2. The van der Waals surface area contributed by atoms with Crippen molar-refractivity contribution in [2.75, 3.05) is 49.9 Å². The maximum absolute atomic E-state index is 13.6. The summed E-state index contributed by atoms with van der Waals surface area (Å²) in [6, 6.07) is 21.3. The first-order chi connectivity index (χ1) is 17.0. The third-order valence-corrected chi connectivity index (χ3v) is 7.69. The van der Waals surface area contributed by atoms with Crippen molar-refractivity contribution in [1.82, 2.24) is 10.2 Å². The van der Waals surface area contributed by atoms with E-state index in [1.165, 1.54) is 6.07 Å². The molecule has 0 saturated carbocycles. The van der Waals surface area contributed by atoms with Crippen molar-refractivity contribution in [1.29, 1.82) is 0 Å². The molecule has 1 fully saturated rings. The van der Waals surface area contributed by atoms with Crippen LogP contribution in [0.4, 0.5) is 11.4 Å². The van der Waals surface area contributed by atoms with Crippen LogP contribution in [0.15, 0.2) is 82.6 Å². The molecule has 9 heteroatoms. The number of hydrogen-bond donors (Lipinski definition) is 4. The zero-order chi connectivity index (χ0) is 24.7. The molecule has 0 radical (unpaired) electrons. The maximum atomic E-state index is 13.6. The Morgan fingerprint density at radius 3 is 2.23 bits per heavy atom. The molecule has 1 amide bonds. The van der Waals surface area contributed by atoms with Gasteiger partial charge in [0.15, 0.2) is 0 Å². The van der Waals surface area contributed by atoms with E-state index in [2.05, 4.69) is 16.0 Å². The van der Waals surface area contributed by atoms with Crippen LogP contribution in [-0.2, 0) is 16.4 Å². The monoisotopic (exact) mass is 493 g/mol. The van der Waals surface area contributed by atoms with Gasteiger partial charge in [0.2, 0.25) is 9.84 Å². The number of nitrogens with one attached hydrogen (secondary N) is 3. The Morgan fingerprint density at radius 1 is 0.914 bits per heavy atom. The molecule has 5 N–H and O–H groups in total. The fourth-order valence-corrected chi connectivity index (χ4v) is 5.49. The van der Waals surface area contributed by atoms with Gasteiger partial charge >= 0.3 is 0 Å². The molecular weight excluding hydrogens is 462 g/mol. The maximum Gasteiger partial charge on any atom is 0.256 e. The summed E-state index contributed by atoms with van der Waals surface area (Å²) in [5.74, 6) is -0.197. The average molecular weight is 494 g/mol. The highest BCUT2D eigenvalue weighted by Gasteiger charge is 2.28. The first-order valence-corrected chi connectivity index (χ1v) is 13.2. The molecule has 8 nitrogen and oxygen atoms in total. The summed E-state index contributed by atoms with van der Waals surface area (Å²) in [6.07, 6.45) is 0. The van der Waals surface area contributed by atoms with Crippen molar-refractivity contribution in [3.63, 3.8) is 0 Å². The molecule has 1 heterocycles. The molecule has 1 saturated heterocycles. The predicted molar refractivity (Wildman–Crippen MR) is 138 cm³/mol. The van der Waals surface area contributed by atoms with Crippen molar-refractivity contribution in [3.8, 4) is 0 Å². The first kappa shape index (κ1) is 24.7. The summed E-state index contributed by atoms with van der Waals surface area (Å²) in [4.78, 5) is 15.6. The van der Waals surface area contributed by atoms with Gasteiger partial charge in [-0.25, -0.2) is 8.42 Å². The summed E-state index contributed by atoms with van der Waals surface area (Å²) in [7, 11) is -3.88. The van der Waals surface area contributed by atoms with Gasteiger partial charge in [0, 0.05) is 51.5 Å². The van der Waals surface area contributed by atoms with E-state index >= 15 is 0 Å². The van der Waals surface area contributed by atoms with Crippen molar-refractivity contribution < 1.29 is 13.2 Å². The second kappa shape index (κ2) is 11.4. The van der Waals surface area contributed by atoms with Gasteiger partial charge in [-0.2, -0.15) is 0 Å². The number of benzene rings is 3. The second-order valence-corrected chi connectivity index (χ2v) is 10.2. The fourth-order valence-electron chi connectivity index (χ4n) is 4.03. The van der Waals surface area contributed by atoms with Crippen LogP contribution in [-0.4, -0.2) is 58.5 Å². The normalized spacial score (nSPS) is 13.9. The number of hydrogen-bond acceptors (Lipinski definition) is 7. The number of nitrogens with two attached hydrogens (primary N) is 1. The zero-order valence-corrected chi connectivity index (χ0v) is 20.4. The molecule has 184 valence electrons. The van der Waals surface area contributed by atoms with Gasteiger partial charge < -0.3 is 26.6 Å². The quantitative estimate of drug-likeness (QED) is 0.362. The molecule has 4 rings (SSSR count). The number of piperazine rings is 1. The molecule has 0 unspecified atom stereocenters. The number of amides is 1. The van der Waals surface area contributed by atoms with E-state index in [0.717, 1.165) is 5.56 Å². The smallest absolute Gasteiger partial charge is 0.256 e. The van der Waals surface area contributed by atoms with Gasteiger partial charge in [-0.1, -0.05) is 48.5 Å². The lowest BCUT2D eigenvalue weighted by Gasteiger charge is -2.29. The van der Waals surface area contributed by atoms with Gasteiger partial charge in [-0.3, -0.25) is 4.79 Å². The van der Waals surface area contributed by atoms with Gasteiger partial charge in [0.25, 0.3) is 5.91 Å².